The monoisotopic (exact) mass is 511 g/mol. The van der Waals surface area contributed by atoms with Crippen molar-refractivity contribution >= 4 is 46.8 Å². The lowest BCUT2D eigenvalue weighted by Gasteiger charge is -2.29. The summed E-state index contributed by atoms with van der Waals surface area (Å²) in [5, 5.41) is 16.5. The quantitative estimate of drug-likeness (QED) is 0.338. The van der Waals surface area contributed by atoms with E-state index in [1.165, 1.54) is 11.1 Å². The molecule has 0 radical (unpaired) electrons. The average Bonchev–Trinajstić information content (AvgIpc) is 3.17. The van der Waals surface area contributed by atoms with E-state index >= 15 is 0 Å². The van der Waals surface area contributed by atoms with E-state index in [9.17, 15) is 9.59 Å². The molecule has 3 rings (SSSR count). The number of nitrogens with zero attached hydrogens (tertiary/aromatic N) is 1. The molecule has 2 amide bonds. The molecule has 9 heteroatoms. The van der Waals surface area contributed by atoms with Gasteiger partial charge in [-0.25, -0.2) is 4.79 Å². The number of carbonyl (C=O) groups excluding carboxylic acids is 1. The second kappa shape index (κ2) is 12.5. The van der Waals surface area contributed by atoms with Gasteiger partial charge in [0.2, 0.25) is 0 Å². The van der Waals surface area contributed by atoms with Crippen molar-refractivity contribution in [3.63, 3.8) is 0 Å². The first-order valence-corrected chi connectivity index (χ1v) is 12.2. The van der Waals surface area contributed by atoms with Crippen molar-refractivity contribution in [2.75, 3.05) is 19.6 Å². The summed E-state index contributed by atoms with van der Waals surface area (Å²) in [6.45, 7) is 2.27. The van der Waals surface area contributed by atoms with Crippen molar-refractivity contribution in [2.45, 2.75) is 44.7 Å². The van der Waals surface area contributed by atoms with Crippen molar-refractivity contribution < 1.29 is 14.7 Å². The highest BCUT2D eigenvalue weighted by Crippen LogP contribution is 2.37. The smallest absolute Gasteiger partial charge is 0.315 e. The van der Waals surface area contributed by atoms with E-state index in [-0.39, 0.29) is 18.5 Å². The van der Waals surface area contributed by atoms with Crippen LogP contribution in [0.3, 0.4) is 0 Å². The third kappa shape index (κ3) is 7.78. The summed E-state index contributed by atoms with van der Waals surface area (Å²) >= 11 is 18.2. The maximum absolute atomic E-state index is 12.2. The van der Waals surface area contributed by atoms with E-state index in [1.54, 1.807) is 18.2 Å². The van der Waals surface area contributed by atoms with Gasteiger partial charge in [-0.05, 0) is 73.2 Å². The molecule has 1 aliphatic carbocycles. The van der Waals surface area contributed by atoms with E-state index in [1.807, 2.05) is 12.1 Å². The fourth-order valence-corrected chi connectivity index (χ4v) is 4.86. The van der Waals surface area contributed by atoms with Gasteiger partial charge in [-0.2, -0.15) is 0 Å². The Bertz CT molecular complexity index is 987. The summed E-state index contributed by atoms with van der Waals surface area (Å²) in [4.78, 5) is 25.5. The van der Waals surface area contributed by atoms with Crippen LogP contribution in [-0.4, -0.2) is 41.6 Å². The molecule has 0 saturated heterocycles. The molecule has 1 aliphatic rings. The topological polar surface area (TPSA) is 81.7 Å². The maximum Gasteiger partial charge on any atom is 0.315 e. The van der Waals surface area contributed by atoms with Crippen molar-refractivity contribution in [1.29, 1.82) is 0 Å². The number of aryl methyl sites for hydroxylation is 1. The summed E-state index contributed by atoms with van der Waals surface area (Å²) in [5.41, 5.74) is 3.31. The lowest BCUT2D eigenvalue weighted by atomic mass is 10.1. The van der Waals surface area contributed by atoms with Crippen molar-refractivity contribution in [3.8, 4) is 0 Å². The van der Waals surface area contributed by atoms with Crippen LogP contribution in [0.25, 0.3) is 0 Å². The Morgan fingerprint density at radius 3 is 2.48 bits per heavy atom. The molecule has 0 bridgehead atoms. The minimum absolute atomic E-state index is 0.143. The normalized spacial score (nSPS) is 14.8. The number of rotatable bonds is 11. The number of hydrogen-bond acceptors (Lipinski definition) is 3. The summed E-state index contributed by atoms with van der Waals surface area (Å²) in [5.74, 6) is -0.785. The van der Waals surface area contributed by atoms with Gasteiger partial charge in [0.05, 0.1) is 0 Å². The molecular formula is C24H28Cl3N3O3. The molecule has 3 N–H and O–H groups in total. The number of hydrogen-bond donors (Lipinski definition) is 3. The first-order chi connectivity index (χ1) is 15.8. The third-order valence-electron chi connectivity index (χ3n) is 5.79. The van der Waals surface area contributed by atoms with Crippen LogP contribution >= 0.6 is 34.8 Å². The third-order valence-corrected chi connectivity index (χ3v) is 6.61. The standard InChI is InChI=1S/C24H28Cl3N3O3/c25-18-7-8-20-16(13-18)5-9-22(20)30(11-1-3-23(31)32)12-2-10-28-24(33)29-15-17-4-6-19(26)14-21(17)27/h4,6-8,13-14,22H,1-3,5,9-12,15H2,(H,31,32)(H2,28,29,33). The zero-order valence-corrected chi connectivity index (χ0v) is 20.5. The summed E-state index contributed by atoms with van der Waals surface area (Å²) < 4.78 is 0. The van der Waals surface area contributed by atoms with Crippen LogP contribution in [0.1, 0.15) is 48.4 Å². The van der Waals surface area contributed by atoms with Crippen molar-refractivity contribution in [2.24, 2.45) is 0 Å². The molecule has 33 heavy (non-hydrogen) atoms. The van der Waals surface area contributed by atoms with Gasteiger partial charge in [-0.1, -0.05) is 46.9 Å². The largest absolute Gasteiger partial charge is 0.481 e. The van der Waals surface area contributed by atoms with Gasteiger partial charge in [-0.3, -0.25) is 9.69 Å². The van der Waals surface area contributed by atoms with Gasteiger partial charge in [0, 0.05) is 47.2 Å². The molecule has 2 aromatic carbocycles. The fourth-order valence-electron chi connectivity index (χ4n) is 4.19. The number of amides is 2. The lowest BCUT2D eigenvalue weighted by molar-refractivity contribution is -0.137. The summed E-state index contributed by atoms with van der Waals surface area (Å²) in [7, 11) is 0. The van der Waals surface area contributed by atoms with Gasteiger partial charge >= 0.3 is 12.0 Å². The number of urea groups is 1. The Balaban J connectivity index is 1.48. The molecule has 0 fully saturated rings. The SMILES string of the molecule is O=C(O)CCCN(CCCNC(=O)NCc1ccc(Cl)cc1Cl)C1CCc2cc(Cl)ccc21. The zero-order chi connectivity index (χ0) is 23.8. The van der Waals surface area contributed by atoms with Crippen LogP contribution in [0.15, 0.2) is 36.4 Å². The number of carbonyl (C=O) groups is 2. The predicted molar refractivity (Wildman–Crippen MR) is 132 cm³/mol. The number of fused-ring (bicyclic) bond motifs is 1. The van der Waals surface area contributed by atoms with Crippen LogP contribution in [0, 0.1) is 0 Å². The average molecular weight is 513 g/mol. The number of nitrogens with one attached hydrogen (secondary N) is 2. The van der Waals surface area contributed by atoms with Gasteiger partial charge in [0.1, 0.15) is 0 Å². The van der Waals surface area contributed by atoms with Crippen LogP contribution in [0.2, 0.25) is 15.1 Å². The molecule has 6 nitrogen and oxygen atoms in total. The number of aliphatic carboxylic acids is 1. The first kappa shape index (κ1) is 25.6. The molecule has 178 valence electrons. The molecule has 1 unspecified atom stereocenters. The molecule has 0 saturated carbocycles. The van der Waals surface area contributed by atoms with E-state index in [2.05, 4.69) is 21.6 Å². The zero-order valence-electron chi connectivity index (χ0n) is 18.3. The highest BCUT2D eigenvalue weighted by atomic mass is 35.5. The van der Waals surface area contributed by atoms with Crippen molar-refractivity contribution in [3.05, 3.63) is 68.2 Å². The van der Waals surface area contributed by atoms with E-state index in [4.69, 9.17) is 39.9 Å². The second-order valence-electron chi connectivity index (χ2n) is 8.13. The summed E-state index contributed by atoms with van der Waals surface area (Å²) in [6.07, 6.45) is 3.43. The Labute approximate surface area is 209 Å². The molecule has 0 spiro atoms. The highest BCUT2D eigenvalue weighted by molar-refractivity contribution is 6.35. The van der Waals surface area contributed by atoms with Crippen molar-refractivity contribution in [1.82, 2.24) is 15.5 Å². The minimum Gasteiger partial charge on any atom is -0.481 e. The Morgan fingerprint density at radius 2 is 1.73 bits per heavy atom. The fraction of sp³-hybridized carbons (Fsp3) is 0.417. The Morgan fingerprint density at radius 1 is 1.00 bits per heavy atom. The predicted octanol–water partition coefficient (Wildman–Crippen LogP) is 5.69. The summed E-state index contributed by atoms with van der Waals surface area (Å²) in [6, 6.07) is 11.1. The lowest BCUT2D eigenvalue weighted by Crippen LogP contribution is -2.37. The van der Waals surface area contributed by atoms with Crippen LogP contribution in [0.5, 0.6) is 0 Å². The van der Waals surface area contributed by atoms with E-state index in [0.29, 0.717) is 36.1 Å². The number of halogens is 3. The van der Waals surface area contributed by atoms with Gasteiger partial charge in [0.15, 0.2) is 0 Å². The minimum atomic E-state index is -0.785. The Kier molecular flexibility index (Phi) is 9.68. The van der Waals surface area contributed by atoms with Crippen LogP contribution in [0.4, 0.5) is 4.79 Å². The number of carboxylic acids is 1. The molecular weight excluding hydrogens is 485 g/mol. The molecule has 2 aromatic rings. The van der Waals surface area contributed by atoms with Gasteiger partial charge in [0.25, 0.3) is 0 Å². The van der Waals surface area contributed by atoms with Crippen LogP contribution in [-0.2, 0) is 17.8 Å². The van der Waals surface area contributed by atoms with Crippen LogP contribution < -0.4 is 10.6 Å². The maximum atomic E-state index is 12.2. The molecule has 0 aliphatic heterocycles. The number of benzene rings is 2. The highest BCUT2D eigenvalue weighted by Gasteiger charge is 2.27. The van der Waals surface area contributed by atoms with Gasteiger partial charge in [-0.15, -0.1) is 0 Å². The number of carboxylic acid groups (broad SMARTS) is 1. The molecule has 0 heterocycles. The second-order valence-corrected chi connectivity index (χ2v) is 9.41. The Hall–Kier alpha value is -1.99. The van der Waals surface area contributed by atoms with Gasteiger partial charge < -0.3 is 15.7 Å². The van der Waals surface area contributed by atoms with E-state index in [0.717, 1.165) is 36.4 Å². The molecule has 1 atom stereocenters. The molecule has 0 aromatic heterocycles. The first-order valence-electron chi connectivity index (χ1n) is 11.0. The van der Waals surface area contributed by atoms with E-state index < -0.39 is 5.97 Å².